The van der Waals surface area contributed by atoms with Crippen molar-refractivity contribution in [3.63, 3.8) is 0 Å². The fourth-order valence-corrected chi connectivity index (χ4v) is 2.02. The molecular formula is C15H13ClN2O3. The average molecular weight is 305 g/mol. The molecule has 21 heavy (non-hydrogen) atoms. The van der Waals surface area contributed by atoms with E-state index >= 15 is 0 Å². The number of hydrogen-bond acceptors (Lipinski definition) is 5. The van der Waals surface area contributed by atoms with Gasteiger partial charge in [0.15, 0.2) is 11.5 Å². The summed E-state index contributed by atoms with van der Waals surface area (Å²) >= 11 is 6.05. The summed E-state index contributed by atoms with van der Waals surface area (Å²) in [4.78, 5) is 4.21. The highest BCUT2D eigenvalue weighted by Gasteiger charge is 2.12. The van der Waals surface area contributed by atoms with E-state index in [1.807, 2.05) is 6.07 Å². The van der Waals surface area contributed by atoms with Crippen LogP contribution in [-0.4, -0.2) is 19.2 Å². The van der Waals surface area contributed by atoms with Gasteiger partial charge in [0, 0.05) is 12.3 Å². The molecule has 0 amide bonds. The number of aromatic nitrogens is 1. The molecule has 0 radical (unpaired) electrons. The van der Waals surface area contributed by atoms with Gasteiger partial charge in [-0.2, -0.15) is 5.26 Å². The highest BCUT2D eigenvalue weighted by Crippen LogP contribution is 2.31. The quantitative estimate of drug-likeness (QED) is 0.848. The topological polar surface area (TPSA) is 64.4 Å². The third-order valence-corrected chi connectivity index (χ3v) is 3.09. The van der Waals surface area contributed by atoms with Crippen LogP contribution >= 0.6 is 11.6 Å². The van der Waals surface area contributed by atoms with E-state index in [1.54, 1.807) is 37.6 Å². The van der Waals surface area contributed by atoms with E-state index in [0.717, 1.165) is 0 Å². The molecule has 1 aromatic heterocycles. The molecule has 0 saturated carbocycles. The summed E-state index contributed by atoms with van der Waals surface area (Å²) in [5.41, 5.74) is 1.07. The molecule has 2 aromatic rings. The van der Waals surface area contributed by atoms with Crippen LogP contribution in [0.2, 0.25) is 5.02 Å². The fraction of sp³-hybridized carbons (Fsp3) is 0.200. The van der Waals surface area contributed by atoms with Gasteiger partial charge in [0.25, 0.3) is 0 Å². The van der Waals surface area contributed by atoms with Crippen LogP contribution in [0.3, 0.4) is 0 Å². The Hall–Kier alpha value is -2.45. The molecular weight excluding hydrogens is 292 g/mol. The Balaban J connectivity index is 2.19. The lowest BCUT2D eigenvalue weighted by Gasteiger charge is -2.13. The summed E-state index contributed by atoms with van der Waals surface area (Å²) in [6.45, 7) is 0.173. The van der Waals surface area contributed by atoms with Crippen molar-refractivity contribution in [2.24, 2.45) is 0 Å². The maximum Gasteiger partial charge on any atom is 0.185 e. The largest absolute Gasteiger partial charge is 0.493 e. The molecule has 5 nitrogen and oxygen atoms in total. The van der Waals surface area contributed by atoms with Crippen molar-refractivity contribution >= 4 is 11.6 Å². The minimum Gasteiger partial charge on any atom is -0.493 e. The lowest BCUT2D eigenvalue weighted by molar-refractivity contribution is 0.285. The van der Waals surface area contributed by atoms with Crippen LogP contribution in [-0.2, 0) is 6.61 Å². The van der Waals surface area contributed by atoms with E-state index in [9.17, 15) is 0 Å². The second-order valence-corrected chi connectivity index (χ2v) is 4.45. The first-order chi connectivity index (χ1) is 10.2. The van der Waals surface area contributed by atoms with Gasteiger partial charge in [-0.3, -0.25) is 4.98 Å². The predicted molar refractivity (Wildman–Crippen MR) is 77.8 cm³/mol. The van der Waals surface area contributed by atoms with E-state index in [0.29, 0.717) is 33.5 Å². The molecule has 0 aliphatic rings. The van der Waals surface area contributed by atoms with Crippen LogP contribution in [0.25, 0.3) is 0 Å². The minimum absolute atomic E-state index is 0.173. The maximum absolute atomic E-state index is 8.80. The third kappa shape index (κ3) is 3.36. The smallest absolute Gasteiger partial charge is 0.185 e. The van der Waals surface area contributed by atoms with Gasteiger partial charge in [-0.05, 0) is 18.2 Å². The highest BCUT2D eigenvalue weighted by atomic mass is 35.5. The Morgan fingerprint density at radius 2 is 2.00 bits per heavy atom. The molecule has 6 heteroatoms. The second kappa shape index (κ2) is 6.82. The van der Waals surface area contributed by atoms with Crippen molar-refractivity contribution in [1.29, 1.82) is 5.26 Å². The van der Waals surface area contributed by atoms with Gasteiger partial charge in [-0.15, -0.1) is 0 Å². The zero-order chi connectivity index (χ0) is 15.2. The Morgan fingerprint density at radius 3 is 2.62 bits per heavy atom. The zero-order valence-corrected chi connectivity index (χ0v) is 12.3. The maximum atomic E-state index is 8.80. The Labute approximate surface area is 127 Å². The second-order valence-electron chi connectivity index (χ2n) is 4.04. The number of methoxy groups -OCH3 is 2. The summed E-state index contributed by atoms with van der Waals surface area (Å²) in [6, 6.07) is 8.55. The van der Waals surface area contributed by atoms with Crippen molar-refractivity contribution in [2.75, 3.05) is 14.2 Å². The molecule has 1 aromatic carbocycles. The molecule has 0 bridgehead atoms. The molecule has 0 N–H and O–H groups in total. The number of halogens is 1. The normalized spacial score (nSPS) is 9.81. The van der Waals surface area contributed by atoms with Crippen LogP contribution < -0.4 is 14.2 Å². The van der Waals surface area contributed by atoms with E-state index in [4.69, 9.17) is 31.1 Å². The summed E-state index contributed by atoms with van der Waals surface area (Å²) < 4.78 is 16.1. The Kier molecular flexibility index (Phi) is 4.85. The molecule has 0 spiro atoms. The SMILES string of the molecule is COc1ccnc(COc2ccc(C#N)cc2Cl)c1OC. The lowest BCUT2D eigenvalue weighted by atomic mass is 10.2. The summed E-state index contributed by atoms with van der Waals surface area (Å²) in [6.07, 6.45) is 1.61. The molecule has 0 atom stereocenters. The van der Waals surface area contributed by atoms with Crippen molar-refractivity contribution < 1.29 is 14.2 Å². The predicted octanol–water partition coefficient (Wildman–Crippen LogP) is 3.20. The molecule has 0 aliphatic carbocycles. The van der Waals surface area contributed by atoms with E-state index in [-0.39, 0.29) is 6.61 Å². The molecule has 0 aliphatic heterocycles. The number of nitriles is 1. The molecule has 0 unspecified atom stereocenters. The van der Waals surface area contributed by atoms with Crippen molar-refractivity contribution in [2.45, 2.75) is 6.61 Å². The summed E-state index contributed by atoms with van der Waals surface area (Å²) in [5.74, 6) is 1.57. The van der Waals surface area contributed by atoms with Gasteiger partial charge in [-0.25, -0.2) is 0 Å². The fourth-order valence-electron chi connectivity index (χ4n) is 1.79. The van der Waals surface area contributed by atoms with Gasteiger partial charge in [-0.1, -0.05) is 11.6 Å². The van der Waals surface area contributed by atoms with E-state index in [2.05, 4.69) is 4.98 Å². The number of hydrogen-bond donors (Lipinski definition) is 0. The van der Waals surface area contributed by atoms with Gasteiger partial charge < -0.3 is 14.2 Å². The molecule has 1 heterocycles. The highest BCUT2D eigenvalue weighted by molar-refractivity contribution is 6.32. The molecule has 108 valence electrons. The molecule has 0 fully saturated rings. The van der Waals surface area contributed by atoms with E-state index < -0.39 is 0 Å². The lowest BCUT2D eigenvalue weighted by Crippen LogP contribution is -2.03. The average Bonchev–Trinajstić information content (AvgIpc) is 2.52. The van der Waals surface area contributed by atoms with Crippen LogP contribution in [0, 0.1) is 11.3 Å². The number of pyridine rings is 1. The Bertz CT molecular complexity index is 683. The first-order valence-electron chi connectivity index (χ1n) is 6.08. The van der Waals surface area contributed by atoms with Gasteiger partial charge >= 0.3 is 0 Å². The molecule has 2 rings (SSSR count). The van der Waals surface area contributed by atoms with E-state index in [1.165, 1.54) is 7.11 Å². The van der Waals surface area contributed by atoms with Crippen molar-refractivity contribution in [1.82, 2.24) is 4.98 Å². The van der Waals surface area contributed by atoms with Gasteiger partial charge in [0.05, 0.1) is 30.9 Å². The number of benzene rings is 1. The van der Waals surface area contributed by atoms with Crippen molar-refractivity contribution in [3.05, 3.63) is 46.7 Å². The number of rotatable bonds is 5. The van der Waals surface area contributed by atoms with Gasteiger partial charge in [0.2, 0.25) is 0 Å². The monoisotopic (exact) mass is 304 g/mol. The van der Waals surface area contributed by atoms with Crippen LogP contribution in [0.4, 0.5) is 0 Å². The number of nitrogens with zero attached hydrogens (tertiary/aromatic N) is 2. The van der Waals surface area contributed by atoms with Crippen LogP contribution in [0.1, 0.15) is 11.3 Å². The van der Waals surface area contributed by atoms with Crippen LogP contribution in [0.5, 0.6) is 17.2 Å². The molecule has 0 saturated heterocycles. The van der Waals surface area contributed by atoms with Gasteiger partial charge in [0.1, 0.15) is 18.1 Å². The zero-order valence-electron chi connectivity index (χ0n) is 11.6. The first-order valence-corrected chi connectivity index (χ1v) is 6.45. The Morgan fingerprint density at radius 1 is 1.19 bits per heavy atom. The van der Waals surface area contributed by atoms with Crippen molar-refractivity contribution in [3.8, 4) is 23.3 Å². The summed E-state index contributed by atoms with van der Waals surface area (Å²) in [5, 5.41) is 9.17. The number of ether oxygens (including phenoxy) is 3. The van der Waals surface area contributed by atoms with Crippen LogP contribution in [0.15, 0.2) is 30.5 Å². The standard InChI is InChI=1S/C15H13ClN2O3/c1-19-14-5-6-18-12(15(14)20-2)9-21-13-4-3-10(8-17)7-11(13)16/h3-7H,9H2,1-2H3. The minimum atomic E-state index is 0.173. The third-order valence-electron chi connectivity index (χ3n) is 2.79. The first kappa shape index (κ1) is 14.9. The summed E-state index contributed by atoms with van der Waals surface area (Å²) in [7, 11) is 3.09.